The highest BCUT2D eigenvalue weighted by atomic mass is 16.1. The monoisotopic (exact) mass is 373 g/mol. The molecular formula is C24H27N3O. The van der Waals surface area contributed by atoms with E-state index in [1.54, 1.807) is 0 Å². The summed E-state index contributed by atoms with van der Waals surface area (Å²) in [5.74, 6) is 0.0924. The summed E-state index contributed by atoms with van der Waals surface area (Å²) in [5.41, 5.74) is 5.48. The van der Waals surface area contributed by atoms with Crippen LogP contribution in [0.15, 0.2) is 54.6 Å². The van der Waals surface area contributed by atoms with Gasteiger partial charge in [-0.05, 0) is 43.0 Å². The second-order valence-electron chi connectivity index (χ2n) is 7.77. The lowest BCUT2D eigenvalue weighted by atomic mass is 9.99. The van der Waals surface area contributed by atoms with Crippen molar-refractivity contribution >= 4 is 16.8 Å². The average Bonchev–Trinajstić information content (AvgIpc) is 3.12. The van der Waals surface area contributed by atoms with Crippen molar-refractivity contribution in [3.63, 3.8) is 0 Å². The van der Waals surface area contributed by atoms with Gasteiger partial charge in [0.2, 0.25) is 5.91 Å². The van der Waals surface area contributed by atoms with Gasteiger partial charge in [-0.2, -0.15) is 0 Å². The minimum atomic E-state index is 0.0924. The zero-order valence-corrected chi connectivity index (χ0v) is 16.6. The molecule has 1 aliphatic rings. The smallest absolute Gasteiger partial charge is 0.224 e. The Morgan fingerprint density at radius 2 is 1.86 bits per heavy atom. The van der Waals surface area contributed by atoms with Crippen LogP contribution in [0.2, 0.25) is 0 Å². The Morgan fingerprint density at radius 3 is 2.68 bits per heavy atom. The van der Waals surface area contributed by atoms with Crippen LogP contribution in [-0.2, 0) is 17.8 Å². The topological polar surface area (TPSA) is 45.2 Å². The standard InChI is InChI=1S/C24H27N3O/c1-17-21-10-6-7-11-23(21)25-18(2)22(17)14-24(28)26-20-12-13-27(16-20)15-19-8-4-3-5-9-19/h3-11,20H,12-16H2,1-2H3,(H,26,28)/t20-/m0/s1. The molecule has 1 saturated heterocycles. The number of carbonyl (C=O) groups is 1. The maximum atomic E-state index is 12.7. The van der Waals surface area contributed by atoms with E-state index in [-0.39, 0.29) is 11.9 Å². The summed E-state index contributed by atoms with van der Waals surface area (Å²) in [4.78, 5) is 19.8. The fourth-order valence-electron chi connectivity index (χ4n) is 4.21. The molecule has 3 aromatic rings. The van der Waals surface area contributed by atoms with Crippen molar-refractivity contribution in [2.45, 2.75) is 39.3 Å². The predicted molar refractivity (Wildman–Crippen MR) is 113 cm³/mol. The molecule has 0 saturated carbocycles. The van der Waals surface area contributed by atoms with Gasteiger partial charge in [0.1, 0.15) is 0 Å². The van der Waals surface area contributed by atoms with Crippen LogP contribution in [0.4, 0.5) is 0 Å². The van der Waals surface area contributed by atoms with E-state index in [1.807, 2.05) is 31.2 Å². The van der Waals surface area contributed by atoms with Crippen molar-refractivity contribution < 1.29 is 4.79 Å². The van der Waals surface area contributed by atoms with Crippen LogP contribution in [0.25, 0.3) is 10.9 Å². The van der Waals surface area contributed by atoms with Crippen LogP contribution in [-0.4, -0.2) is 34.9 Å². The maximum absolute atomic E-state index is 12.7. The van der Waals surface area contributed by atoms with E-state index in [2.05, 4.69) is 47.5 Å². The van der Waals surface area contributed by atoms with Crippen LogP contribution >= 0.6 is 0 Å². The first-order chi connectivity index (χ1) is 13.6. The number of pyridine rings is 1. The van der Waals surface area contributed by atoms with Gasteiger partial charge in [0.25, 0.3) is 0 Å². The molecular weight excluding hydrogens is 346 g/mol. The molecule has 1 amide bonds. The van der Waals surface area contributed by atoms with Gasteiger partial charge >= 0.3 is 0 Å². The van der Waals surface area contributed by atoms with E-state index < -0.39 is 0 Å². The Labute approximate surface area is 166 Å². The lowest BCUT2D eigenvalue weighted by Crippen LogP contribution is -2.38. The minimum Gasteiger partial charge on any atom is -0.352 e. The molecule has 1 aliphatic heterocycles. The molecule has 0 radical (unpaired) electrons. The predicted octanol–water partition coefficient (Wildman–Crippen LogP) is 3.78. The molecule has 1 fully saturated rings. The molecule has 2 aromatic carbocycles. The number of nitrogens with zero attached hydrogens (tertiary/aromatic N) is 2. The number of benzene rings is 2. The van der Waals surface area contributed by atoms with Gasteiger partial charge in [-0.25, -0.2) is 0 Å². The first kappa shape index (κ1) is 18.6. The van der Waals surface area contributed by atoms with Crippen LogP contribution in [0.5, 0.6) is 0 Å². The molecule has 144 valence electrons. The van der Waals surface area contributed by atoms with Crippen LogP contribution in [0, 0.1) is 13.8 Å². The summed E-state index contributed by atoms with van der Waals surface area (Å²) in [6.07, 6.45) is 1.40. The largest absolute Gasteiger partial charge is 0.352 e. The van der Waals surface area contributed by atoms with E-state index in [4.69, 9.17) is 4.98 Å². The lowest BCUT2D eigenvalue weighted by Gasteiger charge is -2.17. The van der Waals surface area contributed by atoms with E-state index in [0.29, 0.717) is 6.42 Å². The molecule has 0 bridgehead atoms. The molecule has 1 N–H and O–H groups in total. The summed E-state index contributed by atoms with van der Waals surface area (Å²) in [6.45, 7) is 6.97. The van der Waals surface area contributed by atoms with E-state index in [0.717, 1.165) is 53.8 Å². The number of rotatable bonds is 5. The van der Waals surface area contributed by atoms with Gasteiger partial charge in [-0.3, -0.25) is 14.7 Å². The minimum absolute atomic E-state index is 0.0924. The molecule has 2 heterocycles. The highest BCUT2D eigenvalue weighted by Gasteiger charge is 2.24. The second kappa shape index (κ2) is 8.11. The third-order valence-corrected chi connectivity index (χ3v) is 5.71. The number of fused-ring (bicyclic) bond motifs is 1. The van der Waals surface area contributed by atoms with Gasteiger partial charge in [-0.15, -0.1) is 0 Å². The normalized spacial score (nSPS) is 17.1. The third-order valence-electron chi connectivity index (χ3n) is 5.71. The fraction of sp³-hybridized carbons (Fsp3) is 0.333. The van der Waals surface area contributed by atoms with Crippen LogP contribution in [0.3, 0.4) is 0 Å². The second-order valence-corrected chi connectivity index (χ2v) is 7.77. The van der Waals surface area contributed by atoms with Gasteiger partial charge in [0.15, 0.2) is 0 Å². The summed E-state index contributed by atoms with van der Waals surface area (Å²) in [7, 11) is 0. The highest BCUT2D eigenvalue weighted by Crippen LogP contribution is 2.23. The lowest BCUT2D eigenvalue weighted by molar-refractivity contribution is -0.121. The molecule has 4 rings (SSSR count). The van der Waals surface area contributed by atoms with Gasteiger partial charge < -0.3 is 5.32 Å². The number of hydrogen-bond donors (Lipinski definition) is 1. The highest BCUT2D eigenvalue weighted by molar-refractivity contribution is 5.86. The van der Waals surface area contributed by atoms with Gasteiger partial charge in [-0.1, -0.05) is 48.5 Å². The average molecular weight is 374 g/mol. The van der Waals surface area contributed by atoms with E-state index >= 15 is 0 Å². The Bertz CT molecular complexity index is 984. The fourth-order valence-corrected chi connectivity index (χ4v) is 4.21. The molecule has 1 atom stereocenters. The quantitative estimate of drug-likeness (QED) is 0.740. The summed E-state index contributed by atoms with van der Waals surface area (Å²) in [5, 5.41) is 4.37. The van der Waals surface area contributed by atoms with E-state index in [9.17, 15) is 4.79 Å². The van der Waals surface area contributed by atoms with Crippen molar-refractivity contribution in [3.05, 3.63) is 77.0 Å². The first-order valence-electron chi connectivity index (χ1n) is 10.0. The number of hydrogen-bond acceptors (Lipinski definition) is 3. The number of aromatic nitrogens is 1. The number of para-hydroxylation sites is 1. The third kappa shape index (κ3) is 4.07. The Hall–Kier alpha value is -2.72. The molecule has 0 aliphatic carbocycles. The van der Waals surface area contributed by atoms with Crippen molar-refractivity contribution in [2.75, 3.05) is 13.1 Å². The Balaban J connectivity index is 1.38. The first-order valence-corrected chi connectivity index (χ1v) is 10.0. The summed E-state index contributed by atoms with van der Waals surface area (Å²) >= 11 is 0. The Morgan fingerprint density at radius 1 is 1.11 bits per heavy atom. The van der Waals surface area contributed by atoms with E-state index in [1.165, 1.54) is 5.56 Å². The van der Waals surface area contributed by atoms with Crippen molar-refractivity contribution in [3.8, 4) is 0 Å². The van der Waals surface area contributed by atoms with Crippen LogP contribution < -0.4 is 5.32 Å². The molecule has 1 aromatic heterocycles. The number of nitrogens with one attached hydrogen (secondary N) is 1. The molecule has 4 nitrogen and oxygen atoms in total. The van der Waals surface area contributed by atoms with Crippen LogP contribution in [0.1, 0.15) is 28.8 Å². The summed E-state index contributed by atoms with van der Waals surface area (Å²) in [6, 6.07) is 18.9. The van der Waals surface area contributed by atoms with Gasteiger partial charge in [0, 0.05) is 36.8 Å². The zero-order valence-electron chi connectivity index (χ0n) is 16.6. The molecule has 0 spiro atoms. The summed E-state index contributed by atoms with van der Waals surface area (Å²) < 4.78 is 0. The number of amides is 1. The number of carbonyl (C=O) groups excluding carboxylic acids is 1. The van der Waals surface area contributed by atoms with Crippen molar-refractivity contribution in [1.82, 2.24) is 15.2 Å². The number of likely N-dealkylation sites (tertiary alicyclic amines) is 1. The van der Waals surface area contributed by atoms with Gasteiger partial charge in [0.05, 0.1) is 11.9 Å². The maximum Gasteiger partial charge on any atom is 0.224 e. The molecule has 28 heavy (non-hydrogen) atoms. The zero-order chi connectivity index (χ0) is 19.5. The number of aryl methyl sites for hydroxylation is 2. The molecule has 4 heteroatoms. The SMILES string of the molecule is Cc1nc2ccccc2c(C)c1CC(=O)N[C@H]1CCN(Cc2ccccc2)C1. The Kier molecular flexibility index (Phi) is 5.40. The van der Waals surface area contributed by atoms with Crippen molar-refractivity contribution in [1.29, 1.82) is 0 Å². The molecule has 0 unspecified atom stereocenters. The van der Waals surface area contributed by atoms with Crippen molar-refractivity contribution in [2.24, 2.45) is 0 Å².